The zero-order valence-corrected chi connectivity index (χ0v) is 9.96. The number of methoxy groups -OCH3 is 1. The molecule has 4 heteroatoms. The van der Waals surface area contributed by atoms with E-state index in [0.717, 1.165) is 36.6 Å². The maximum atomic E-state index is 10.7. The Morgan fingerprint density at radius 2 is 2.38 bits per heavy atom. The number of hydrogen-bond donors (Lipinski definition) is 0. The fraction of sp³-hybridized carbons (Fsp3) is 0.417. The number of rotatable bonds is 5. The molecule has 1 fully saturated rings. The van der Waals surface area contributed by atoms with Gasteiger partial charge in [0.1, 0.15) is 12.0 Å². The maximum absolute atomic E-state index is 10.7. The lowest BCUT2D eigenvalue weighted by molar-refractivity contribution is 0.0455. The number of thioether (sulfide) groups is 1. The molecule has 2 rings (SSSR count). The lowest BCUT2D eigenvalue weighted by atomic mass is 10.1. The summed E-state index contributed by atoms with van der Waals surface area (Å²) >= 11 is 1.84. The molecule has 0 bridgehead atoms. The summed E-state index contributed by atoms with van der Waals surface area (Å²) in [5, 5.41) is 0.588. The van der Waals surface area contributed by atoms with Gasteiger partial charge in [0, 0.05) is 16.9 Å². The molecule has 1 saturated heterocycles. The molecule has 0 atom stereocenters. The van der Waals surface area contributed by atoms with E-state index in [-0.39, 0.29) is 0 Å². The van der Waals surface area contributed by atoms with Gasteiger partial charge in [-0.1, -0.05) is 0 Å². The van der Waals surface area contributed by atoms with E-state index < -0.39 is 0 Å². The minimum absolute atomic E-state index is 0.588. The highest BCUT2D eigenvalue weighted by atomic mass is 32.2. The van der Waals surface area contributed by atoms with Crippen LogP contribution in [-0.4, -0.2) is 31.9 Å². The Hall–Kier alpha value is -1.00. The van der Waals surface area contributed by atoms with Gasteiger partial charge in [0.15, 0.2) is 0 Å². The van der Waals surface area contributed by atoms with Gasteiger partial charge in [0.2, 0.25) is 0 Å². The maximum Gasteiger partial charge on any atom is 0.150 e. The highest BCUT2D eigenvalue weighted by Crippen LogP contribution is 2.28. The van der Waals surface area contributed by atoms with E-state index in [4.69, 9.17) is 9.47 Å². The van der Waals surface area contributed by atoms with Crippen LogP contribution in [-0.2, 0) is 10.5 Å². The SMILES string of the molecule is COc1ccc(C=O)cc1CSC1COC1. The minimum atomic E-state index is 0.588. The monoisotopic (exact) mass is 238 g/mol. The Kier molecular flexibility index (Phi) is 3.85. The zero-order chi connectivity index (χ0) is 11.4. The Bertz CT molecular complexity index is 375. The van der Waals surface area contributed by atoms with E-state index in [0.29, 0.717) is 10.8 Å². The summed E-state index contributed by atoms with van der Waals surface area (Å²) < 4.78 is 10.4. The van der Waals surface area contributed by atoms with E-state index in [2.05, 4.69) is 0 Å². The summed E-state index contributed by atoms with van der Waals surface area (Å²) in [6.45, 7) is 1.67. The minimum Gasteiger partial charge on any atom is -0.496 e. The molecule has 0 N–H and O–H groups in total. The molecule has 1 aromatic carbocycles. The molecule has 0 unspecified atom stereocenters. The van der Waals surface area contributed by atoms with Gasteiger partial charge in [-0.3, -0.25) is 4.79 Å². The molecular formula is C12H14O3S. The van der Waals surface area contributed by atoms with E-state index in [1.165, 1.54) is 0 Å². The van der Waals surface area contributed by atoms with Gasteiger partial charge in [-0.15, -0.1) is 11.8 Å². The molecule has 1 aromatic rings. The second kappa shape index (κ2) is 5.37. The number of aldehydes is 1. The van der Waals surface area contributed by atoms with Gasteiger partial charge in [-0.25, -0.2) is 0 Å². The molecular weight excluding hydrogens is 224 g/mol. The van der Waals surface area contributed by atoms with Crippen molar-refractivity contribution in [1.82, 2.24) is 0 Å². The van der Waals surface area contributed by atoms with Gasteiger partial charge in [0.25, 0.3) is 0 Å². The first-order valence-corrected chi connectivity index (χ1v) is 6.20. The Balaban J connectivity index is 2.06. The van der Waals surface area contributed by atoms with Crippen molar-refractivity contribution in [3.8, 4) is 5.75 Å². The topological polar surface area (TPSA) is 35.5 Å². The summed E-state index contributed by atoms with van der Waals surface area (Å²) in [7, 11) is 1.65. The summed E-state index contributed by atoms with van der Waals surface area (Å²) in [6.07, 6.45) is 0.861. The first kappa shape index (κ1) is 11.5. The molecule has 16 heavy (non-hydrogen) atoms. The van der Waals surface area contributed by atoms with Crippen molar-refractivity contribution in [2.75, 3.05) is 20.3 Å². The molecule has 0 saturated carbocycles. The lowest BCUT2D eigenvalue weighted by Gasteiger charge is -2.25. The van der Waals surface area contributed by atoms with Crippen molar-refractivity contribution in [3.63, 3.8) is 0 Å². The van der Waals surface area contributed by atoms with Crippen LogP contribution < -0.4 is 4.74 Å². The predicted octanol–water partition coefficient (Wildman–Crippen LogP) is 2.14. The first-order valence-electron chi connectivity index (χ1n) is 5.15. The Labute approximate surface area is 99.1 Å². The quantitative estimate of drug-likeness (QED) is 0.736. The fourth-order valence-corrected chi connectivity index (χ4v) is 2.53. The second-order valence-corrected chi connectivity index (χ2v) is 4.95. The van der Waals surface area contributed by atoms with Crippen molar-refractivity contribution in [2.45, 2.75) is 11.0 Å². The molecule has 1 aliphatic heterocycles. The Morgan fingerprint density at radius 1 is 1.56 bits per heavy atom. The van der Waals surface area contributed by atoms with Crippen LogP contribution in [0.3, 0.4) is 0 Å². The van der Waals surface area contributed by atoms with E-state index in [1.807, 2.05) is 23.9 Å². The third-order valence-electron chi connectivity index (χ3n) is 2.52. The highest BCUT2D eigenvalue weighted by molar-refractivity contribution is 7.99. The third-order valence-corrected chi connectivity index (χ3v) is 3.74. The third kappa shape index (κ3) is 2.57. The van der Waals surface area contributed by atoms with Crippen LogP contribution in [0.15, 0.2) is 18.2 Å². The summed E-state index contributed by atoms with van der Waals surface area (Å²) in [5.74, 6) is 1.71. The number of hydrogen-bond acceptors (Lipinski definition) is 4. The normalized spacial score (nSPS) is 15.6. The molecule has 86 valence electrons. The number of benzene rings is 1. The predicted molar refractivity (Wildman–Crippen MR) is 64.3 cm³/mol. The van der Waals surface area contributed by atoms with Gasteiger partial charge in [-0.2, -0.15) is 0 Å². The summed E-state index contributed by atoms with van der Waals surface area (Å²) in [6, 6.07) is 5.50. The van der Waals surface area contributed by atoms with Crippen molar-refractivity contribution < 1.29 is 14.3 Å². The molecule has 0 aliphatic carbocycles. The summed E-state index contributed by atoms with van der Waals surface area (Å²) in [4.78, 5) is 10.7. The average molecular weight is 238 g/mol. The van der Waals surface area contributed by atoms with Gasteiger partial charge >= 0.3 is 0 Å². The average Bonchev–Trinajstić information content (AvgIpc) is 2.26. The summed E-state index contributed by atoms with van der Waals surface area (Å²) in [5.41, 5.74) is 1.77. The second-order valence-electron chi connectivity index (χ2n) is 3.66. The van der Waals surface area contributed by atoms with Crippen LogP contribution in [0.4, 0.5) is 0 Å². The number of carbonyl (C=O) groups excluding carboxylic acids is 1. The van der Waals surface area contributed by atoms with E-state index in [9.17, 15) is 4.79 Å². The molecule has 1 aliphatic rings. The molecule has 1 heterocycles. The van der Waals surface area contributed by atoms with Gasteiger partial charge in [-0.05, 0) is 18.2 Å². The van der Waals surface area contributed by atoms with Gasteiger partial charge in [0.05, 0.1) is 25.6 Å². The lowest BCUT2D eigenvalue weighted by Crippen LogP contribution is -2.30. The fourth-order valence-electron chi connectivity index (χ4n) is 1.50. The van der Waals surface area contributed by atoms with Crippen LogP contribution in [0.1, 0.15) is 15.9 Å². The highest BCUT2D eigenvalue weighted by Gasteiger charge is 2.19. The largest absolute Gasteiger partial charge is 0.496 e. The van der Waals surface area contributed by atoms with Gasteiger partial charge < -0.3 is 9.47 Å². The van der Waals surface area contributed by atoms with Crippen LogP contribution >= 0.6 is 11.8 Å². The molecule has 0 radical (unpaired) electrons. The zero-order valence-electron chi connectivity index (χ0n) is 9.14. The van der Waals surface area contributed by atoms with Crippen LogP contribution in [0.25, 0.3) is 0 Å². The smallest absolute Gasteiger partial charge is 0.150 e. The molecule has 3 nitrogen and oxygen atoms in total. The van der Waals surface area contributed by atoms with E-state index in [1.54, 1.807) is 13.2 Å². The molecule has 0 spiro atoms. The van der Waals surface area contributed by atoms with Crippen LogP contribution in [0.2, 0.25) is 0 Å². The number of ether oxygens (including phenoxy) is 2. The standard InChI is InChI=1S/C12H14O3S/c1-14-12-3-2-9(5-13)4-10(12)8-16-11-6-15-7-11/h2-5,11H,6-8H2,1H3. The first-order chi connectivity index (χ1) is 7.83. The van der Waals surface area contributed by atoms with Crippen molar-refractivity contribution >= 4 is 18.0 Å². The number of carbonyl (C=O) groups is 1. The molecule has 0 aromatic heterocycles. The van der Waals surface area contributed by atoms with Crippen LogP contribution in [0.5, 0.6) is 5.75 Å². The van der Waals surface area contributed by atoms with Crippen molar-refractivity contribution in [3.05, 3.63) is 29.3 Å². The van der Waals surface area contributed by atoms with E-state index >= 15 is 0 Å². The molecule has 0 amide bonds. The Morgan fingerprint density at radius 3 is 2.94 bits per heavy atom. The van der Waals surface area contributed by atoms with Crippen molar-refractivity contribution in [2.24, 2.45) is 0 Å². The van der Waals surface area contributed by atoms with Crippen LogP contribution in [0, 0.1) is 0 Å². The van der Waals surface area contributed by atoms with Crippen molar-refractivity contribution in [1.29, 1.82) is 0 Å².